The van der Waals surface area contributed by atoms with Gasteiger partial charge in [0.05, 0.1) is 4.90 Å². The largest absolute Gasteiger partial charge is 0.473 e. The molecule has 0 fully saturated rings. The molecule has 2 rings (SSSR count). The lowest BCUT2D eigenvalue weighted by molar-refractivity contribution is 0.234. The van der Waals surface area contributed by atoms with Gasteiger partial charge in [-0.25, -0.2) is 4.79 Å². The lowest BCUT2D eigenvalue weighted by Crippen LogP contribution is -2.32. The molecular weight excluding hydrogens is 308 g/mol. The highest BCUT2D eigenvalue weighted by molar-refractivity contribution is 7.85. The Morgan fingerprint density at radius 1 is 1.09 bits per heavy atom. The van der Waals surface area contributed by atoms with Gasteiger partial charge >= 0.3 is 6.03 Å². The van der Waals surface area contributed by atoms with Gasteiger partial charge in [-0.3, -0.25) is 4.55 Å². The predicted molar refractivity (Wildman–Crippen MR) is 80.3 cm³/mol. The monoisotopic (exact) mass is 322 g/mol. The number of carbonyl (C=O) groups is 1. The van der Waals surface area contributed by atoms with Crippen LogP contribution in [0, 0.1) is 0 Å². The van der Waals surface area contributed by atoms with E-state index in [1.54, 1.807) is 24.3 Å². The number of rotatable bonds is 5. The fourth-order valence-corrected chi connectivity index (χ4v) is 2.14. The number of ether oxygens (including phenoxy) is 1. The molecule has 0 aliphatic carbocycles. The lowest BCUT2D eigenvalue weighted by atomic mass is 10.3. The van der Waals surface area contributed by atoms with E-state index in [1.807, 2.05) is 6.07 Å². The van der Waals surface area contributed by atoms with Crippen LogP contribution in [0.25, 0.3) is 0 Å². The van der Waals surface area contributed by atoms with Crippen molar-refractivity contribution in [3.8, 4) is 5.75 Å². The Morgan fingerprint density at radius 2 is 1.82 bits per heavy atom. The van der Waals surface area contributed by atoms with E-state index in [9.17, 15) is 13.2 Å². The summed E-state index contributed by atoms with van der Waals surface area (Å²) in [4.78, 5) is 11.3. The third kappa shape index (κ3) is 4.76. The zero-order valence-electron chi connectivity index (χ0n) is 11.4. The van der Waals surface area contributed by atoms with E-state index in [2.05, 4.69) is 10.6 Å². The van der Waals surface area contributed by atoms with Crippen molar-refractivity contribution in [1.29, 1.82) is 0 Å². The van der Waals surface area contributed by atoms with Gasteiger partial charge in [0, 0.05) is 5.69 Å². The summed E-state index contributed by atoms with van der Waals surface area (Å²) in [5.41, 5.74) is 0.229. The van der Waals surface area contributed by atoms with Gasteiger partial charge in [0.15, 0.2) is 6.73 Å². The summed E-state index contributed by atoms with van der Waals surface area (Å²) in [5.74, 6) is 0.608. The first-order chi connectivity index (χ1) is 10.4. The summed E-state index contributed by atoms with van der Waals surface area (Å²) in [7, 11) is -4.31. The van der Waals surface area contributed by atoms with Crippen molar-refractivity contribution in [3.05, 3.63) is 54.6 Å². The molecule has 0 aliphatic heterocycles. The molecule has 0 aliphatic rings. The fourth-order valence-electron chi connectivity index (χ4n) is 1.61. The fraction of sp³-hybridized carbons (Fsp3) is 0.0714. The molecule has 0 unspecified atom stereocenters. The van der Waals surface area contributed by atoms with Crippen LogP contribution < -0.4 is 15.4 Å². The van der Waals surface area contributed by atoms with Crippen molar-refractivity contribution >= 4 is 21.8 Å². The first kappa shape index (κ1) is 15.8. The maximum Gasteiger partial charge on any atom is 0.321 e. The summed E-state index contributed by atoms with van der Waals surface area (Å²) < 4.78 is 36.2. The summed E-state index contributed by atoms with van der Waals surface area (Å²) in [6, 6.07) is 13.6. The van der Waals surface area contributed by atoms with Crippen LogP contribution in [-0.4, -0.2) is 25.7 Å². The van der Waals surface area contributed by atoms with E-state index in [0.717, 1.165) is 6.07 Å². The van der Waals surface area contributed by atoms with Gasteiger partial charge in [-0.1, -0.05) is 24.3 Å². The van der Waals surface area contributed by atoms with Crippen LogP contribution in [0.5, 0.6) is 5.75 Å². The second-order valence-electron chi connectivity index (χ2n) is 4.24. The summed E-state index contributed by atoms with van der Waals surface area (Å²) in [6.07, 6.45) is 0. The molecule has 3 N–H and O–H groups in total. The minimum absolute atomic E-state index is 0.0478. The Kier molecular flexibility index (Phi) is 4.97. The molecular formula is C14H14N2O5S. The topological polar surface area (TPSA) is 105 Å². The van der Waals surface area contributed by atoms with Crippen LogP contribution in [0.3, 0.4) is 0 Å². The first-order valence-electron chi connectivity index (χ1n) is 6.25. The SMILES string of the molecule is O=C(NCOc1ccccc1)Nc1cccc(S(=O)(=O)O)c1. The lowest BCUT2D eigenvalue weighted by Gasteiger charge is -2.09. The van der Waals surface area contributed by atoms with Crippen molar-refractivity contribution in [2.24, 2.45) is 0 Å². The molecule has 0 atom stereocenters. The number of carbonyl (C=O) groups excluding carboxylic acids is 1. The number of anilines is 1. The second-order valence-corrected chi connectivity index (χ2v) is 5.66. The molecule has 116 valence electrons. The summed E-state index contributed by atoms with van der Waals surface area (Å²) >= 11 is 0. The molecule has 0 saturated heterocycles. The maximum absolute atomic E-state index is 11.6. The average Bonchev–Trinajstić information content (AvgIpc) is 2.48. The standard InChI is InChI=1S/C14H14N2O5S/c17-14(15-10-21-12-6-2-1-3-7-12)16-11-5-4-8-13(9-11)22(18,19)20/h1-9H,10H2,(H2,15,16,17)(H,18,19,20). The molecule has 2 aromatic carbocycles. The molecule has 2 amide bonds. The normalized spacial score (nSPS) is 10.8. The van der Waals surface area contributed by atoms with Crippen molar-refractivity contribution in [2.45, 2.75) is 4.90 Å². The Morgan fingerprint density at radius 3 is 2.50 bits per heavy atom. The third-order valence-corrected chi connectivity index (χ3v) is 3.45. The molecule has 8 heteroatoms. The van der Waals surface area contributed by atoms with E-state index in [-0.39, 0.29) is 17.3 Å². The highest BCUT2D eigenvalue weighted by atomic mass is 32.2. The van der Waals surface area contributed by atoms with Crippen LogP contribution in [0.1, 0.15) is 0 Å². The highest BCUT2D eigenvalue weighted by Crippen LogP contribution is 2.14. The molecule has 0 heterocycles. The van der Waals surface area contributed by atoms with E-state index in [0.29, 0.717) is 5.75 Å². The maximum atomic E-state index is 11.6. The van der Waals surface area contributed by atoms with Crippen molar-refractivity contribution in [1.82, 2.24) is 5.32 Å². The van der Waals surface area contributed by atoms with Crippen LogP contribution >= 0.6 is 0 Å². The van der Waals surface area contributed by atoms with Gasteiger partial charge in [-0.05, 0) is 30.3 Å². The van der Waals surface area contributed by atoms with Crippen LogP contribution in [-0.2, 0) is 10.1 Å². The Hall–Kier alpha value is -2.58. The zero-order chi connectivity index (χ0) is 16.0. The van der Waals surface area contributed by atoms with E-state index < -0.39 is 16.1 Å². The molecule has 0 aromatic heterocycles. The van der Waals surface area contributed by atoms with Gasteiger partial charge in [0.25, 0.3) is 10.1 Å². The van der Waals surface area contributed by atoms with Crippen molar-refractivity contribution < 1.29 is 22.5 Å². The van der Waals surface area contributed by atoms with E-state index in [1.165, 1.54) is 18.2 Å². The average molecular weight is 322 g/mol. The Balaban J connectivity index is 1.87. The van der Waals surface area contributed by atoms with Crippen LogP contribution in [0.2, 0.25) is 0 Å². The summed E-state index contributed by atoms with van der Waals surface area (Å²) in [5, 5.41) is 4.89. The number of para-hydroxylation sites is 1. The summed E-state index contributed by atoms with van der Waals surface area (Å²) in [6.45, 7) is -0.0478. The van der Waals surface area contributed by atoms with Gasteiger partial charge in [-0.15, -0.1) is 0 Å². The Bertz CT molecular complexity index is 747. The number of benzene rings is 2. The minimum Gasteiger partial charge on any atom is -0.473 e. The number of urea groups is 1. The van der Waals surface area contributed by atoms with E-state index in [4.69, 9.17) is 9.29 Å². The number of nitrogens with one attached hydrogen (secondary N) is 2. The smallest absolute Gasteiger partial charge is 0.321 e. The van der Waals surface area contributed by atoms with Gasteiger partial charge in [0.1, 0.15) is 5.75 Å². The minimum atomic E-state index is -4.31. The third-order valence-electron chi connectivity index (χ3n) is 2.60. The number of hydrogen-bond donors (Lipinski definition) is 3. The predicted octanol–water partition coefficient (Wildman–Crippen LogP) is 2.09. The van der Waals surface area contributed by atoms with Crippen molar-refractivity contribution in [3.63, 3.8) is 0 Å². The highest BCUT2D eigenvalue weighted by Gasteiger charge is 2.10. The molecule has 2 aromatic rings. The van der Waals surface area contributed by atoms with Crippen molar-refractivity contribution in [2.75, 3.05) is 12.0 Å². The Labute approximate surface area is 127 Å². The molecule has 0 bridgehead atoms. The second kappa shape index (κ2) is 6.92. The zero-order valence-corrected chi connectivity index (χ0v) is 12.2. The number of amides is 2. The van der Waals surface area contributed by atoms with Gasteiger partial charge < -0.3 is 15.4 Å². The van der Waals surface area contributed by atoms with Crippen LogP contribution in [0.4, 0.5) is 10.5 Å². The molecule has 7 nitrogen and oxygen atoms in total. The molecule has 0 spiro atoms. The van der Waals surface area contributed by atoms with Crippen LogP contribution in [0.15, 0.2) is 59.5 Å². The molecule has 0 radical (unpaired) electrons. The van der Waals surface area contributed by atoms with Gasteiger partial charge in [0.2, 0.25) is 0 Å². The molecule has 22 heavy (non-hydrogen) atoms. The quantitative estimate of drug-likeness (QED) is 0.577. The molecule has 0 saturated carbocycles. The van der Waals surface area contributed by atoms with Gasteiger partial charge in [-0.2, -0.15) is 8.42 Å². The van der Waals surface area contributed by atoms with E-state index >= 15 is 0 Å². The first-order valence-corrected chi connectivity index (χ1v) is 7.69. The number of hydrogen-bond acceptors (Lipinski definition) is 4.